The molecule has 0 unspecified atom stereocenters. The number of aromatic nitrogens is 2. The average molecular weight is 262 g/mol. The highest BCUT2D eigenvalue weighted by Crippen LogP contribution is 2.18. The maximum atomic E-state index is 11.8. The molecule has 0 radical (unpaired) electrons. The van der Waals surface area contributed by atoms with Gasteiger partial charge in [-0.15, -0.1) is 0 Å². The maximum Gasteiger partial charge on any atom is 0.309 e. The number of esters is 2. The molecule has 0 atom stereocenters. The molecule has 0 aliphatic heterocycles. The molecule has 0 aliphatic carbocycles. The lowest BCUT2D eigenvalue weighted by atomic mass is 10.4. The monoisotopic (exact) mass is 262 g/mol. The first-order valence-electron chi connectivity index (χ1n) is 5.36. The van der Waals surface area contributed by atoms with Crippen molar-refractivity contribution in [1.82, 2.24) is 9.38 Å². The summed E-state index contributed by atoms with van der Waals surface area (Å²) >= 11 is 0. The van der Waals surface area contributed by atoms with Gasteiger partial charge in [-0.05, 0) is 12.1 Å². The molecule has 0 bridgehead atoms. The van der Waals surface area contributed by atoms with Gasteiger partial charge >= 0.3 is 11.9 Å². The van der Waals surface area contributed by atoms with Crippen LogP contribution in [0.2, 0.25) is 0 Å². The van der Waals surface area contributed by atoms with Crippen molar-refractivity contribution in [3.05, 3.63) is 34.7 Å². The number of nitrogens with zero attached hydrogens (tertiary/aromatic N) is 2. The van der Waals surface area contributed by atoms with Crippen molar-refractivity contribution in [1.29, 1.82) is 0 Å². The molecule has 2 aromatic heterocycles. The van der Waals surface area contributed by atoms with Crippen molar-refractivity contribution in [3.63, 3.8) is 0 Å². The van der Waals surface area contributed by atoms with E-state index in [1.165, 1.54) is 30.5 Å². The SMILES string of the molecule is CC(=O)Oc1cc(=O)n2cccc(OC(C)=O)c2n1. The summed E-state index contributed by atoms with van der Waals surface area (Å²) in [5.41, 5.74) is -0.350. The van der Waals surface area contributed by atoms with E-state index in [0.717, 1.165) is 6.07 Å². The van der Waals surface area contributed by atoms with Crippen molar-refractivity contribution in [3.8, 4) is 11.6 Å². The van der Waals surface area contributed by atoms with Crippen LogP contribution in [0.5, 0.6) is 11.6 Å². The number of carbonyl (C=O) groups excluding carboxylic acids is 2. The van der Waals surface area contributed by atoms with Crippen LogP contribution in [0, 0.1) is 0 Å². The molecular formula is C12H10N2O5. The summed E-state index contributed by atoms with van der Waals surface area (Å²) in [4.78, 5) is 37.6. The topological polar surface area (TPSA) is 87.0 Å². The fourth-order valence-corrected chi connectivity index (χ4v) is 1.51. The van der Waals surface area contributed by atoms with Crippen molar-refractivity contribution in [2.24, 2.45) is 0 Å². The van der Waals surface area contributed by atoms with E-state index in [2.05, 4.69) is 4.98 Å². The van der Waals surface area contributed by atoms with E-state index in [1.807, 2.05) is 0 Å². The maximum absolute atomic E-state index is 11.8. The Kier molecular flexibility index (Phi) is 3.28. The third kappa shape index (κ3) is 2.76. The molecule has 19 heavy (non-hydrogen) atoms. The number of rotatable bonds is 2. The molecular weight excluding hydrogens is 252 g/mol. The fourth-order valence-electron chi connectivity index (χ4n) is 1.51. The minimum absolute atomic E-state index is 0.0986. The zero-order valence-corrected chi connectivity index (χ0v) is 10.2. The Morgan fingerprint density at radius 3 is 2.53 bits per heavy atom. The number of fused-ring (bicyclic) bond motifs is 1. The number of ether oxygens (including phenoxy) is 2. The largest absolute Gasteiger partial charge is 0.423 e. The predicted octanol–water partition coefficient (Wildman–Crippen LogP) is 0.545. The van der Waals surface area contributed by atoms with Crippen LogP contribution in [0.4, 0.5) is 0 Å². The highest BCUT2D eigenvalue weighted by atomic mass is 16.5. The Hall–Kier alpha value is -2.70. The second-order valence-corrected chi connectivity index (χ2v) is 3.69. The number of hydrogen-bond acceptors (Lipinski definition) is 6. The van der Waals surface area contributed by atoms with Gasteiger partial charge in [-0.2, -0.15) is 4.98 Å². The predicted molar refractivity (Wildman–Crippen MR) is 64.1 cm³/mol. The van der Waals surface area contributed by atoms with E-state index in [1.54, 1.807) is 6.07 Å². The second-order valence-electron chi connectivity index (χ2n) is 3.69. The van der Waals surface area contributed by atoms with Crippen molar-refractivity contribution < 1.29 is 19.1 Å². The first-order chi connectivity index (χ1) is 8.97. The summed E-state index contributed by atoms with van der Waals surface area (Å²) in [6.07, 6.45) is 1.47. The van der Waals surface area contributed by atoms with Gasteiger partial charge in [0.15, 0.2) is 11.4 Å². The lowest BCUT2D eigenvalue weighted by molar-refractivity contribution is -0.133. The fraction of sp³-hybridized carbons (Fsp3) is 0.167. The van der Waals surface area contributed by atoms with Gasteiger partial charge in [-0.1, -0.05) is 0 Å². The normalized spacial score (nSPS) is 10.2. The minimum Gasteiger partial charge on any atom is -0.423 e. The quantitative estimate of drug-likeness (QED) is 0.734. The minimum atomic E-state index is -0.596. The Labute approximate surface area is 107 Å². The van der Waals surface area contributed by atoms with Crippen LogP contribution in [0.25, 0.3) is 5.65 Å². The van der Waals surface area contributed by atoms with Gasteiger partial charge in [0, 0.05) is 20.0 Å². The van der Waals surface area contributed by atoms with Crippen LogP contribution < -0.4 is 15.0 Å². The smallest absolute Gasteiger partial charge is 0.309 e. The molecule has 2 heterocycles. The molecule has 0 aromatic carbocycles. The molecule has 7 heteroatoms. The molecule has 0 saturated heterocycles. The summed E-state index contributed by atoms with van der Waals surface area (Å²) in [6.45, 7) is 2.43. The number of pyridine rings is 1. The van der Waals surface area contributed by atoms with Gasteiger partial charge < -0.3 is 9.47 Å². The molecule has 0 saturated carbocycles. The summed E-state index contributed by atoms with van der Waals surface area (Å²) in [5.74, 6) is -1.17. The number of carbonyl (C=O) groups is 2. The van der Waals surface area contributed by atoms with Gasteiger partial charge in [0.1, 0.15) is 0 Å². The third-order valence-electron chi connectivity index (χ3n) is 2.13. The van der Waals surface area contributed by atoms with Crippen molar-refractivity contribution >= 4 is 17.6 Å². The molecule has 2 rings (SSSR count). The van der Waals surface area contributed by atoms with E-state index in [9.17, 15) is 14.4 Å². The van der Waals surface area contributed by atoms with Crippen LogP contribution in [-0.4, -0.2) is 21.3 Å². The van der Waals surface area contributed by atoms with Gasteiger partial charge in [-0.3, -0.25) is 18.8 Å². The molecule has 0 amide bonds. The Balaban J connectivity index is 2.65. The van der Waals surface area contributed by atoms with Gasteiger partial charge in [-0.25, -0.2) is 0 Å². The Bertz CT molecular complexity index is 720. The van der Waals surface area contributed by atoms with Crippen molar-refractivity contribution in [2.45, 2.75) is 13.8 Å². The van der Waals surface area contributed by atoms with E-state index in [4.69, 9.17) is 9.47 Å². The third-order valence-corrected chi connectivity index (χ3v) is 2.13. The van der Waals surface area contributed by atoms with E-state index >= 15 is 0 Å². The molecule has 7 nitrogen and oxygen atoms in total. The summed E-state index contributed by atoms with van der Waals surface area (Å²) in [5, 5.41) is 0. The summed E-state index contributed by atoms with van der Waals surface area (Å²) in [6, 6.07) is 4.10. The first kappa shape index (κ1) is 12.7. The highest BCUT2D eigenvalue weighted by molar-refractivity contribution is 5.73. The second kappa shape index (κ2) is 4.89. The van der Waals surface area contributed by atoms with Gasteiger partial charge in [0.05, 0.1) is 6.07 Å². The first-order valence-corrected chi connectivity index (χ1v) is 5.36. The number of hydrogen-bond donors (Lipinski definition) is 0. The highest BCUT2D eigenvalue weighted by Gasteiger charge is 2.11. The van der Waals surface area contributed by atoms with Gasteiger partial charge in [0.2, 0.25) is 5.88 Å². The summed E-state index contributed by atoms with van der Waals surface area (Å²) in [7, 11) is 0. The zero-order chi connectivity index (χ0) is 14.0. The standard InChI is InChI=1S/C12H10N2O5/c1-7(15)18-9-4-3-5-14-11(17)6-10(13-12(9)14)19-8(2)16/h3-6H,1-2H3. The molecule has 2 aromatic rings. The lowest BCUT2D eigenvalue weighted by Crippen LogP contribution is -2.17. The van der Waals surface area contributed by atoms with Crippen LogP contribution in [0.1, 0.15) is 13.8 Å². The van der Waals surface area contributed by atoms with Crippen LogP contribution in [0.15, 0.2) is 29.2 Å². The lowest BCUT2D eigenvalue weighted by Gasteiger charge is -2.07. The van der Waals surface area contributed by atoms with Gasteiger partial charge in [0.25, 0.3) is 5.56 Å². The van der Waals surface area contributed by atoms with Crippen LogP contribution in [-0.2, 0) is 9.59 Å². The molecule has 0 spiro atoms. The molecule has 0 aliphatic rings. The molecule has 0 fully saturated rings. The van der Waals surface area contributed by atoms with E-state index < -0.39 is 17.5 Å². The van der Waals surface area contributed by atoms with Crippen LogP contribution >= 0.6 is 0 Å². The average Bonchev–Trinajstić information content (AvgIpc) is 2.28. The van der Waals surface area contributed by atoms with Crippen molar-refractivity contribution in [2.75, 3.05) is 0 Å². The van der Waals surface area contributed by atoms with E-state index in [-0.39, 0.29) is 17.3 Å². The zero-order valence-electron chi connectivity index (χ0n) is 10.2. The molecule has 0 N–H and O–H groups in total. The Morgan fingerprint density at radius 2 is 1.89 bits per heavy atom. The van der Waals surface area contributed by atoms with E-state index in [0.29, 0.717) is 0 Å². The van der Waals surface area contributed by atoms with Crippen LogP contribution in [0.3, 0.4) is 0 Å². The summed E-state index contributed by atoms with van der Waals surface area (Å²) < 4.78 is 10.9. The molecule has 98 valence electrons. The Morgan fingerprint density at radius 1 is 1.21 bits per heavy atom.